The molecule has 4 heteroatoms. The summed E-state index contributed by atoms with van der Waals surface area (Å²) in [7, 11) is 3.44. The van der Waals surface area contributed by atoms with E-state index in [9.17, 15) is 4.79 Å². The standard InChI is InChI=1S/C9H13N3O/c1-3-12(9(13)10-2)8-6-4-5-7-11-8/h4-7H,2-3,10H2,1H3. The van der Waals surface area contributed by atoms with Crippen molar-refractivity contribution in [2.24, 2.45) is 0 Å². The van der Waals surface area contributed by atoms with Gasteiger partial charge in [-0.1, -0.05) is 6.07 Å². The molecule has 4 nitrogen and oxygen atoms in total. The van der Waals surface area contributed by atoms with Crippen LogP contribution >= 0.6 is 0 Å². The Bertz CT molecular complexity index is 273. The number of nitrogens with zero attached hydrogens (tertiary/aromatic N) is 2. The number of rotatable bonds is 2. The molecule has 1 rings (SSSR count). The highest BCUT2D eigenvalue weighted by molar-refractivity contribution is 5.83. The lowest BCUT2D eigenvalue weighted by atomic mass is 10.4. The van der Waals surface area contributed by atoms with Gasteiger partial charge in [0, 0.05) is 12.7 Å². The number of pyridine rings is 1. The number of quaternary nitrogens is 1. The third-order valence-electron chi connectivity index (χ3n) is 1.68. The van der Waals surface area contributed by atoms with Crippen molar-refractivity contribution in [3.63, 3.8) is 0 Å². The number of hydrogen-bond acceptors (Lipinski definition) is 2. The summed E-state index contributed by atoms with van der Waals surface area (Å²) < 4.78 is 0. The second kappa shape index (κ2) is 4.57. The van der Waals surface area contributed by atoms with Crippen LogP contribution in [-0.4, -0.2) is 17.6 Å². The summed E-state index contributed by atoms with van der Waals surface area (Å²) in [5.41, 5.74) is 0. The second-order valence-corrected chi connectivity index (χ2v) is 2.47. The first-order valence-electron chi connectivity index (χ1n) is 4.14. The van der Waals surface area contributed by atoms with Crippen LogP contribution in [0.5, 0.6) is 0 Å². The summed E-state index contributed by atoms with van der Waals surface area (Å²) in [5, 5.41) is 1.29. The van der Waals surface area contributed by atoms with Crippen LogP contribution in [0.2, 0.25) is 0 Å². The molecule has 0 bridgehead atoms. The molecule has 0 aliphatic heterocycles. The number of anilines is 1. The van der Waals surface area contributed by atoms with E-state index < -0.39 is 0 Å². The Labute approximate surface area is 77.6 Å². The molecule has 0 radical (unpaired) electrons. The third kappa shape index (κ3) is 2.26. The van der Waals surface area contributed by atoms with E-state index in [1.165, 1.54) is 5.32 Å². The molecule has 0 saturated carbocycles. The molecule has 2 N–H and O–H groups in total. The number of hydrogen-bond donors (Lipinski definition) is 1. The molecular weight excluding hydrogens is 166 g/mol. The summed E-state index contributed by atoms with van der Waals surface area (Å²) in [5.74, 6) is 0.662. The Morgan fingerprint density at radius 1 is 1.69 bits per heavy atom. The Morgan fingerprint density at radius 2 is 2.46 bits per heavy atom. The second-order valence-electron chi connectivity index (χ2n) is 2.47. The minimum Gasteiger partial charge on any atom is -0.394 e. The van der Waals surface area contributed by atoms with Crippen molar-refractivity contribution >= 4 is 11.8 Å². The maximum Gasteiger partial charge on any atom is 0.395 e. The van der Waals surface area contributed by atoms with E-state index in [4.69, 9.17) is 0 Å². The van der Waals surface area contributed by atoms with E-state index in [0.717, 1.165) is 0 Å². The molecule has 0 unspecified atom stereocenters. The van der Waals surface area contributed by atoms with Gasteiger partial charge in [-0.15, -0.1) is 7.05 Å². The monoisotopic (exact) mass is 179 g/mol. The van der Waals surface area contributed by atoms with Gasteiger partial charge in [-0.2, -0.15) is 0 Å². The van der Waals surface area contributed by atoms with Crippen molar-refractivity contribution in [1.29, 1.82) is 0 Å². The number of nitrogens with two attached hydrogens (primary N) is 1. The molecular formula is C9H13N3O. The Hall–Kier alpha value is -1.42. The zero-order chi connectivity index (χ0) is 9.68. The van der Waals surface area contributed by atoms with Crippen LogP contribution in [0.1, 0.15) is 6.92 Å². The minimum atomic E-state index is -0.124. The Morgan fingerprint density at radius 3 is 2.92 bits per heavy atom. The molecule has 70 valence electrons. The van der Waals surface area contributed by atoms with Gasteiger partial charge in [-0.25, -0.2) is 14.7 Å². The van der Waals surface area contributed by atoms with Gasteiger partial charge < -0.3 is 5.32 Å². The van der Waals surface area contributed by atoms with Crippen LogP contribution < -0.4 is 10.2 Å². The highest BCUT2D eigenvalue weighted by atomic mass is 16.2. The third-order valence-corrected chi connectivity index (χ3v) is 1.68. The van der Waals surface area contributed by atoms with Gasteiger partial charge in [0.15, 0.2) is 0 Å². The highest BCUT2D eigenvalue weighted by Crippen LogP contribution is 2.07. The summed E-state index contributed by atoms with van der Waals surface area (Å²) in [6.07, 6.45) is 1.66. The van der Waals surface area contributed by atoms with Gasteiger partial charge in [-0.3, -0.25) is 0 Å². The summed E-state index contributed by atoms with van der Waals surface area (Å²) in [6.45, 7) is 2.50. The van der Waals surface area contributed by atoms with E-state index in [1.54, 1.807) is 17.2 Å². The van der Waals surface area contributed by atoms with Crippen molar-refractivity contribution in [3.8, 4) is 0 Å². The van der Waals surface area contributed by atoms with E-state index in [1.807, 2.05) is 19.1 Å². The van der Waals surface area contributed by atoms with Crippen LogP contribution in [0.3, 0.4) is 0 Å². The molecule has 0 aliphatic rings. The van der Waals surface area contributed by atoms with Gasteiger partial charge in [0.25, 0.3) is 0 Å². The highest BCUT2D eigenvalue weighted by Gasteiger charge is 2.13. The normalized spacial score (nSPS) is 9.69. The number of carbonyl (C=O) groups excluding carboxylic acids is 1. The first-order valence-corrected chi connectivity index (χ1v) is 4.14. The summed E-state index contributed by atoms with van der Waals surface area (Å²) >= 11 is 0. The first kappa shape index (κ1) is 9.67. The summed E-state index contributed by atoms with van der Waals surface area (Å²) in [4.78, 5) is 17.0. The minimum absolute atomic E-state index is 0.124. The van der Waals surface area contributed by atoms with Crippen molar-refractivity contribution in [1.82, 2.24) is 4.98 Å². The zero-order valence-electron chi connectivity index (χ0n) is 7.60. The largest absolute Gasteiger partial charge is 0.395 e. The lowest BCUT2D eigenvalue weighted by Crippen LogP contribution is -2.85. The van der Waals surface area contributed by atoms with Crippen LogP contribution in [0.15, 0.2) is 24.4 Å². The molecule has 0 saturated heterocycles. The van der Waals surface area contributed by atoms with Crippen LogP contribution in [0, 0.1) is 7.05 Å². The number of amides is 2. The predicted octanol–water partition coefficient (Wildman–Crippen LogP) is 0.383. The molecule has 0 fully saturated rings. The molecule has 2 amide bonds. The van der Waals surface area contributed by atoms with Gasteiger partial charge in [0.2, 0.25) is 0 Å². The molecule has 1 aromatic heterocycles. The van der Waals surface area contributed by atoms with Gasteiger partial charge >= 0.3 is 6.03 Å². The Balaban J connectivity index is 2.85. The average Bonchev–Trinajstić information content (AvgIpc) is 2.20. The van der Waals surface area contributed by atoms with Crippen molar-refractivity contribution in [2.45, 2.75) is 6.92 Å². The number of carbonyl (C=O) groups is 1. The summed E-state index contributed by atoms with van der Waals surface area (Å²) in [6, 6.07) is 5.34. The van der Waals surface area contributed by atoms with Crippen LogP contribution in [0.25, 0.3) is 0 Å². The predicted molar refractivity (Wildman–Crippen MR) is 49.9 cm³/mol. The average molecular weight is 179 g/mol. The van der Waals surface area contributed by atoms with Crippen molar-refractivity contribution < 1.29 is 10.1 Å². The molecule has 1 aromatic rings. The first-order chi connectivity index (χ1) is 6.29. The topological polar surface area (TPSA) is 49.8 Å². The smallest absolute Gasteiger partial charge is 0.394 e. The fraction of sp³-hybridized carbons (Fsp3) is 0.222. The van der Waals surface area contributed by atoms with Gasteiger partial charge in [0.1, 0.15) is 5.82 Å². The van der Waals surface area contributed by atoms with Crippen LogP contribution in [0.4, 0.5) is 10.6 Å². The molecule has 0 aliphatic carbocycles. The van der Waals surface area contributed by atoms with E-state index in [0.29, 0.717) is 12.4 Å². The number of urea groups is 1. The Kier molecular flexibility index (Phi) is 3.40. The maximum absolute atomic E-state index is 11.3. The molecule has 0 atom stereocenters. The molecule has 0 spiro atoms. The fourth-order valence-electron chi connectivity index (χ4n) is 1.05. The van der Waals surface area contributed by atoms with E-state index >= 15 is 0 Å². The van der Waals surface area contributed by atoms with E-state index in [2.05, 4.69) is 12.0 Å². The van der Waals surface area contributed by atoms with Crippen molar-refractivity contribution in [3.05, 3.63) is 31.4 Å². The fourth-order valence-corrected chi connectivity index (χ4v) is 1.05. The molecule has 0 aromatic carbocycles. The van der Waals surface area contributed by atoms with Crippen LogP contribution in [-0.2, 0) is 0 Å². The molecule has 13 heavy (non-hydrogen) atoms. The zero-order valence-corrected chi connectivity index (χ0v) is 7.60. The quantitative estimate of drug-likeness (QED) is 0.667. The number of primary amides is 1. The van der Waals surface area contributed by atoms with Crippen molar-refractivity contribution in [2.75, 3.05) is 11.4 Å². The van der Waals surface area contributed by atoms with Gasteiger partial charge in [-0.05, 0) is 19.1 Å². The van der Waals surface area contributed by atoms with E-state index in [-0.39, 0.29) is 6.03 Å². The molecule has 1 heterocycles. The van der Waals surface area contributed by atoms with Gasteiger partial charge in [0.05, 0.1) is 0 Å². The number of aromatic nitrogens is 1. The lowest BCUT2D eigenvalue weighted by molar-refractivity contribution is -0.487. The maximum atomic E-state index is 11.3. The lowest BCUT2D eigenvalue weighted by Gasteiger charge is -2.16. The SMILES string of the molecule is [CH2-][NH2+]C(=O)N(CC)c1ccccn1.